The Morgan fingerprint density at radius 3 is 2.24 bits per heavy atom. The fourth-order valence-corrected chi connectivity index (χ4v) is 4.80. The largest absolute Gasteiger partial charge is 0.378 e. The molecule has 0 saturated heterocycles. The Morgan fingerprint density at radius 2 is 1.52 bits per heavy atom. The van der Waals surface area contributed by atoms with Crippen LogP contribution in [0.4, 0.5) is 17.1 Å². The number of fused-ring (bicyclic) bond motifs is 5. The third-order valence-corrected chi connectivity index (χ3v) is 6.06. The zero-order valence-electron chi connectivity index (χ0n) is 15.3. The van der Waals surface area contributed by atoms with Gasteiger partial charge in [0.05, 0.1) is 15.9 Å². The molecule has 0 bridgehead atoms. The average Bonchev–Trinajstić information content (AvgIpc) is 3.12. The van der Waals surface area contributed by atoms with E-state index in [0.29, 0.717) is 0 Å². The second kappa shape index (κ2) is 6.41. The van der Waals surface area contributed by atoms with Gasteiger partial charge in [-0.1, -0.05) is 36.4 Å². The lowest BCUT2D eigenvalue weighted by molar-refractivity contribution is -0.385. The molecule has 1 aliphatic carbocycles. The Labute approximate surface area is 166 Å². The number of nitrogens with one attached hydrogen (secondary N) is 1. The first-order valence-corrected chi connectivity index (χ1v) is 9.40. The number of benzene rings is 3. The normalized spacial score (nSPS) is 21.4. The summed E-state index contributed by atoms with van der Waals surface area (Å²) < 4.78 is 0. The summed E-state index contributed by atoms with van der Waals surface area (Å²) in [7, 11) is 0. The van der Waals surface area contributed by atoms with E-state index in [1.807, 2.05) is 12.1 Å². The molecule has 5 rings (SSSR count). The van der Waals surface area contributed by atoms with Crippen LogP contribution in [0.5, 0.6) is 0 Å². The van der Waals surface area contributed by atoms with Crippen LogP contribution in [0.1, 0.15) is 34.2 Å². The Balaban J connectivity index is 1.64. The maximum Gasteiger partial charge on any atom is 0.269 e. The highest BCUT2D eigenvalue weighted by atomic mass is 16.6. The zero-order valence-corrected chi connectivity index (χ0v) is 15.3. The number of nitro groups is 2. The second-order valence-corrected chi connectivity index (χ2v) is 7.54. The minimum atomic E-state index is -0.402. The maximum absolute atomic E-state index is 11.3. The van der Waals surface area contributed by atoms with Crippen LogP contribution in [-0.4, -0.2) is 9.85 Å². The van der Waals surface area contributed by atoms with E-state index in [4.69, 9.17) is 0 Å². The molecule has 1 N–H and O–H groups in total. The quantitative estimate of drug-likeness (QED) is 0.505. The Morgan fingerprint density at radius 1 is 0.828 bits per heavy atom. The van der Waals surface area contributed by atoms with Gasteiger partial charge < -0.3 is 5.32 Å². The third kappa shape index (κ3) is 2.74. The lowest BCUT2D eigenvalue weighted by Gasteiger charge is -2.37. The van der Waals surface area contributed by atoms with Crippen molar-refractivity contribution in [3.05, 3.63) is 109 Å². The fourth-order valence-electron chi connectivity index (χ4n) is 4.80. The summed E-state index contributed by atoms with van der Waals surface area (Å²) >= 11 is 0. The van der Waals surface area contributed by atoms with Crippen molar-refractivity contribution in [3.63, 3.8) is 0 Å². The first kappa shape index (κ1) is 17.4. The predicted molar refractivity (Wildman–Crippen MR) is 108 cm³/mol. The molecule has 0 unspecified atom stereocenters. The van der Waals surface area contributed by atoms with Crippen molar-refractivity contribution >= 4 is 17.1 Å². The van der Waals surface area contributed by atoms with Crippen LogP contribution in [-0.2, 0) is 6.42 Å². The second-order valence-electron chi connectivity index (χ2n) is 7.54. The molecule has 3 aromatic rings. The standard InChI is InChI=1S/C22H17N3O4/c26-24(27)15-7-5-13(6-8-15)22-19-11-14-3-1-2-4-17(14)21(19)18-12-16(25(28)29)9-10-20(18)23-22/h1-10,12,19,21-23H,11H2/t19-,21-,22-/m0/s1. The molecular weight excluding hydrogens is 370 g/mol. The van der Waals surface area contributed by atoms with E-state index in [1.165, 1.54) is 29.3 Å². The first-order chi connectivity index (χ1) is 14.0. The summed E-state index contributed by atoms with van der Waals surface area (Å²) in [6, 6.07) is 19.8. The monoisotopic (exact) mass is 387 g/mol. The van der Waals surface area contributed by atoms with E-state index in [2.05, 4.69) is 17.4 Å². The minimum absolute atomic E-state index is 0.0397. The predicted octanol–water partition coefficient (Wildman–Crippen LogP) is 4.97. The van der Waals surface area contributed by atoms with Crippen molar-refractivity contribution in [2.75, 3.05) is 5.32 Å². The highest BCUT2D eigenvalue weighted by molar-refractivity contribution is 5.65. The van der Waals surface area contributed by atoms with E-state index in [9.17, 15) is 20.2 Å². The molecular formula is C22H17N3O4. The Hall–Kier alpha value is -3.74. The van der Waals surface area contributed by atoms with E-state index in [1.54, 1.807) is 24.3 Å². The van der Waals surface area contributed by atoms with E-state index in [-0.39, 0.29) is 34.2 Å². The van der Waals surface area contributed by atoms with Crippen molar-refractivity contribution in [1.82, 2.24) is 0 Å². The molecule has 0 fully saturated rings. The molecule has 7 heteroatoms. The van der Waals surface area contributed by atoms with Crippen LogP contribution < -0.4 is 5.32 Å². The van der Waals surface area contributed by atoms with Gasteiger partial charge in [-0.05, 0) is 40.7 Å². The summed E-state index contributed by atoms with van der Waals surface area (Å²) in [5, 5.41) is 25.9. The molecule has 0 spiro atoms. The van der Waals surface area contributed by atoms with Crippen LogP contribution >= 0.6 is 0 Å². The SMILES string of the molecule is O=[N+]([O-])c1ccc([C@@H]2Nc3ccc([N+](=O)[O-])cc3[C@@H]3c4ccccc4C[C@@H]32)cc1. The van der Waals surface area contributed by atoms with Crippen LogP contribution in [0.3, 0.4) is 0 Å². The summed E-state index contributed by atoms with van der Waals surface area (Å²) in [5.74, 6) is 0.214. The van der Waals surface area contributed by atoms with E-state index < -0.39 is 4.92 Å². The molecule has 0 aromatic heterocycles. The first-order valence-electron chi connectivity index (χ1n) is 9.40. The van der Waals surface area contributed by atoms with Gasteiger partial charge in [-0.25, -0.2) is 0 Å². The van der Waals surface area contributed by atoms with Gasteiger partial charge in [0.15, 0.2) is 0 Å². The van der Waals surface area contributed by atoms with Gasteiger partial charge in [0.2, 0.25) is 0 Å². The number of non-ortho nitro benzene ring substituents is 2. The molecule has 144 valence electrons. The number of hydrogen-bond acceptors (Lipinski definition) is 5. The minimum Gasteiger partial charge on any atom is -0.378 e. The van der Waals surface area contributed by atoms with Crippen LogP contribution in [0.15, 0.2) is 66.7 Å². The number of rotatable bonds is 3. The molecule has 3 atom stereocenters. The molecule has 7 nitrogen and oxygen atoms in total. The molecule has 2 aliphatic rings. The molecule has 0 radical (unpaired) electrons. The Kier molecular flexibility index (Phi) is 3.84. The lowest BCUT2D eigenvalue weighted by atomic mass is 9.75. The maximum atomic E-state index is 11.3. The molecule has 29 heavy (non-hydrogen) atoms. The van der Waals surface area contributed by atoms with Crippen molar-refractivity contribution in [3.8, 4) is 0 Å². The van der Waals surface area contributed by atoms with Gasteiger partial charge in [0, 0.05) is 35.9 Å². The van der Waals surface area contributed by atoms with Gasteiger partial charge in [-0.15, -0.1) is 0 Å². The smallest absolute Gasteiger partial charge is 0.269 e. The molecule has 0 amide bonds. The van der Waals surface area contributed by atoms with Crippen molar-refractivity contribution < 1.29 is 9.85 Å². The molecule has 0 saturated carbocycles. The van der Waals surface area contributed by atoms with Crippen molar-refractivity contribution in [2.24, 2.45) is 5.92 Å². The van der Waals surface area contributed by atoms with Gasteiger partial charge >= 0.3 is 0 Å². The highest BCUT2D eigenvalue weighted by Gasteiger charge is 2.43. The van der Waals surface area contributed by atoms with Gasteiger partial charge in [0.25, 0.3) is 11.4 Å². The molecule has 3 aromatic carbocycles. The van der Waals surface area contributed by atoms with E-state index >= 15 is 0 Å². The number of nitro benzene ring substituents is 2. The fraction of sp³-hybridized carbons (Fsp3) is 0.182. The van der Waals surface area contributed by atoms with Crippen molar-refractivity contribution in [1.29, 1.82) is 0 Å². The zero-order chi connectivity index (χ0) is 20.1. The summed E-state index contributed by atoms with van der Waals surface area (Å²) in [4.78, 5) is 21.6. The van der Waals surface area contributed by atoms with E-state index in [0.717, 1.165) is 23.2 Å². The summed E-state index contributed by atoms with van der Waals surface area (Å²) in [6.07, 6.45) is 0.845. The van der Waals surface area contributed by atoms with Crippen LogP contribution in [0.2, 0.25) is 0 Å². The number of nitrogens with zero attached hydrogens (tertiary/aromatic N) is 2. The van der Waals surface area contributed by atoms with Gasteiger partial charge in [-0.2, -0.15) is 0 Å². The number of hydrogen-bond donors (Lipinski definition) is 1. The Bertz CT molecular complexity index is 1140. The molecule has 1 aliphatic heterocycles. The third-order valence-electron chi connectivity index (χ3n) is 6.06. The topological polar surface area (TPSA) is 98.3 Å². The van der Waals surface area contributed by atoms with Crippen LogP contribution in [0, 0.1) is 26.1 Å². The highest BCUT2D eigenvalue weighted by Crippen LogP contribution is 2.54. The molecule has 1 heterocycles. The van der Waals surface area contributed by atoms with Crippen molar-refractivity contribution in [2.45, 2.75) is 18.4 Å². The van der Waals surface area contributed by atoms with Gasteiger partial charge in [0.1, 0.15) is 0 Å². The summed E-state index contributed by atoms with van der Waals surface area (Å²) in [6.45, 7) is 0. The van der Waals surface area contributed by atoms with Gasteiger partial charge in [-0.3, -0.25) is 20.2 Å². The summed E-state index contributed by atoms with van der Waals surface area (Å²) in [5.41, 5.74) is 5.38. The number of anilines is 1. The average molecular weight is 387 g/mol. The lowest BCUT2D eigenvalue weighted by Crippen LogP contribution is -2.30. The van der Waals surface area contributed by atoms with Crippen LogP contribution in [0.25, 0.3) is 0 Å².